The maximum absolute atomic E-state index is 11.1. The molecule has 0 unspecified atom stereocenters. The third-order valence-corrected chi connectivity index (χ3v) is 1.92. The number of ketones is 1. The summed E-state index contributed by atoms with van der Waals surface area (Å²) in [5, 5.41) is 27.1. The normalized spacial score (nSPS) is 40.8. The minimum absolute atomic E-state index is 0.481. The zero-order valence-electron chi connectivity index (χ0n) is 7.08. The fourth-order valence-corrected chi connectivity index (χ4v) is 1.14. The van der Waals surface area contributed by atoms with Gasteiger partial charge in [-0.25, -0.2) is 0 Å². The van der Waals surface area contributed by atoms with Gasteiger partial charge < -0.3 is 24.8 Å². The highest BCUT2D eigenvalue weighted by atomic mass is 16.7. The first-order chi connectivity index (χ1) is 6.11. The average Bonchev–Trinajstić information content (AvgIpc) is 2.15. The predicted octanol–water partition coefficient (Wildman–Crippen LogP) is -2.36. The first kappa shape index (κ1) is 10.6. The lowest BCUT2D eigenvalue weighted by atomic mass is 10.0. The van der Waals surface area contributed by atoms with Gasteiger partial charge in [0.1, 0.15) is 18.3 Å². The second-order valence-corrected chi connectivity index (χ2v) is 2.76. The summed E-state index contributed by atoms with van der Waals surface area (Å²) in [6, 6.07) is 0. The molecular formula is C7H12O6. The quantitative estimate of drug-likeness (QED) is 0.453. The van der Waals surface area contributed by atoms with Crippen LogP contribution in [0, 0.1) is 0 Å². The molecule has 1 rings (SSSR count). The first-order valence-corrected chi connectivity index (χ1v) is 3.80. The van der Waals surface area contributed by atoms with Crippen molar-refractivity contribution in [2.24, 2.45) is 0 Å². The third kappa shape index (κ3) is 1.87. The number of methoxy groups -OCH3 is 1. The van der Waals surface area contributed by atoms with E-state index >= 15 is 0 Å². The van der Waals surface area contributed by atoms with E-state index in [9.17, 15) is 15.0 Å². The van der Waals surface area contributed by atoms with Gasteiger partial charge in [0.15, 0.2) is 0 Å². The van der Waals surface area contributed by atoms with Crippen molar-refractivity contribution >= 4 is 5.78 Å². The molecule has 3 N–H and O–H groups in total. The van der Waals surface area contributed by atoms with Gasteiger partial charge in [-0.3, -0.25) is 4.79 Å². The molecule has 0 bridgehead atoms. The van der Waals surface area contributed by atoms with Crippen molar-refractivity contribution in [2.75, 3.05) is 13.7 Å². The van der Waals surface area contributed by atoms with Crippen LogP contribution in [0.15, 0.2) is 0 Å². The standard InChI is InChI=1S/C7H12O6/c1-12-7-6(11)5(10)4(9)3(2-8)13-7/h3-5,7-10H,2H2,1H3/t3-,4+,5-,7+/m1/s1. The van der Waals surface area contributed by atoms with Gasteiger partial charge in [0.05, 0.1) is 6.61 Å². The zero-order valence-corrected chi connectivity index (χ0v) is 7.08. The Kier molecular flexibility index (Phi) is 3.34. The summed E-state index contributed by atoms with van der Waals surface area (Å²) in [6.45, 7) is -0.481. The van der Waals surface area contributed by atoms with Gasteiger partial charge in [-0.2, -0.15) is 0 Å². The molecule has 4 atom stereocenters. The molecule has 0 spiro atoms. The van der Waals surface area contributed by atoms with Gasteiger partial charge in [-0.1, -0.05) is 0 Å². The van der Waals surface area contributed by atoms with Crippen molar-refractivity contribution in [3.8, 4) is 0 Å². The van der Waals surface area contributed by atoms with Gasteiger partial charge >= 0.3 is 0 Å². The van der Waals surface area contributed by atoms with Gasteiger partial charge in [0, 0.05) is 7.11 Å². The molecule has 1 aliphatic rings. The molecule has 0 aliphatic carbocycles. The van der Waals surface area contributed by atoms with Crippen molar-refractivity contribution in [1.82, 2.24) is 0 Å². The lowest BCUT2D eigenvalue weighted by Gasteiger charge is -2.33. The zero-order chi connectivity index (χ0) is 10.0. The minimum Gasteiger partial charge on any atom is -0.394 e. The highest BCUT2D eigenvalue weighted by molar-refractivity contribution is 5.87. The van der Waals surface area contributed by atoms with Crippen molar-refractivity contribution in [2.45, 2.75) is 24.6 Å². The summed E-state index contributed by atoms with van der Waals surface area (Å²) in [5.74, 6) is -0.736. The van der Waals surface area contributed by atoms with E-state index in [1.165, 1.54) is 7.11 Å². The van der Waals surface area contributed by atoms with Gasteiger partial charge in [0.25, 0.3) is 0 Å². The molecular weight excluding hydrogens is 180 g/mol. The van der Waals surface area contributed by atoms with Crippen LogP contribution in [0.5, 0.6) is 0 Å². The molecule has 0 aromatic heterocycles. The minimum atomic E-state index is -1.56. The maximum atomic E-state index is 11.1. The van der Waals surface area contributed by atoms with E-state index in [1.807, 2.05) is 0 Å². The van der Waals surface area contributed by atoms with Crippen LogP contribution in [0.4, 0.5) is 0 Å². The highest BCUT2D eigenvalue weighted by Crippen LogP contribution is 2.17. The summed E-state index contributed by atoms with van der Waals surface area (Å²) in [7, 11) is 1.24. The fraction of sp³-hybridized carbons (Fsp3) is 0.857. The Morgan fingerprint density at radius 3 is 2.62 bits per heavy atom. The van der Waals surface area contributed by atoms with Crippen LogP contribution in [-0.2, 0) is 14.3 Å². The number of carbonyl (C=O) groups is 1. The van der Waals surface area contributed by atoms with Gasteiger partial charge in [0.2, 0.25) is 12.1 Å². The SMILES string of the molecule is CO[C@H]1O[C@H](CO)[C@H](O)[C@@H](O)C1=O. The van der Waals surface area contributed by atoms with E-state index in [1.54, 1.807) is 0 Å². The number of Topliss-reactive ketones (excluding diaryl/α,β-unsaturated/α-hetero) is 1. The van der Waals surface area contributed by atoms with Crippen LogP contribution in [0.2, 0.25) is 0 Å². The van der Waals surface area contributed by atoms with E-state index in [0.717, 1.165) is 0 Å². The van der Waals surface area contributed by atoms with Crippen molar-refractivity contribution in [1.29, 1.82) is 0 Å². The van der Waals surface area contributed by atoms with Crippen molar-refractivity contribution in [3.05, 3.63) is 0 Å². The fourth-order valence-electron chi connectivity index (χ4n) is 1.14. The Labute approximate surface area is 74.7 Å². The molecule has 76 valence electrons. The van der Waals surface area contributed by atoms with Crippen LogP contribution in [0.3, 0.4) is 0 Å². The maximum Gasteiger partial charge on any atom is 0.220 e. The van der Waals surface area contributed by atoms with Crippen LogP contribution < -0.4 is 0 Å². The molecule has 1 aliphatic heterocycles. The van der Waals surface area contributed by atoms with Gasteiger partial charge in [-0.15, -0.1) is 0 Å². The average molecular weight is 192 g/mol. The van der Waals surface area contributed by atoms with Crippen LogP contribution in [0.1, 0.15) is 0 Å². The summed E-state index contributed by atoms with van der Waals surface area (Å²) < 4.78 is 9.45. The van der Waals surface area contributed by atoms with Crippen molar-refractivity contribution < 1.29 is 29.6 Å². The second kappa shape index (κ2) is 4.12. The van der Waals surface area contributed by atoms with E-state index in [4.69, 9.17) is 9.84 Å². The van der Waals surface area contributed by atoms with E-state index in [2.05, 4.69) is 4.74 Å². The molecule has 13 heavy (non-hydrogen) atoms. The molecule has 1 fully saturated rings. The largest absolute Gasteiger partial charge is 0.394 e. The number of hydrogen-bond donors (Lipinski definition) is 3. The first-order valence-electron chi connectivity index (χ1n) is 3.80. The monoisotopic (exact) mass is 192 g/mol. The Balaban J connectivity index is 2.72. The number of rotatable bonds is 2. The van der Waals surface area contributed by atoms with E-state index in [0.29, 0.717) is 0 Å². The smallest absolute Gasteiger partial charge is 0.220 e. The lowest BCUT2D eigenvalue weighted by Crippen LogP contribution is -2.56. The number of hydrogen-bond acceptors (Lipinski definition) is 6. The highest BCUT2D eigenvalue weighted by Gasteiger charge is 2.43. The van der Waals surface area contributed by atoms with Gasteiger partial charge in [-0.05, 0) is 0 Å². The number of aliphatic hydroxyl groups is 3. The topological polar surface area (TPSA) is 96.2 Å². The molecule has 0 saturated carbocycles. The molecule has 6 nitrogen and oxygen atoms in total. The van der Waals surface area contributed by atoms with Crippen LogP contribution in [0.25, 0.3) is 0 Å². The number of ether oxygens (including phenoxy) is 2. The number of carbonyl (C=O) groups excluding carboxylic acids is 1. The van der Waals surface area contributed by atoms with E-state index < -0.39 is 37.0 Å². The molecule has 6 heteroatoms. The summed E-state index contributed by atoms with van der Waals surface area (Å²) in [5.41, 5.74) is 0. The molecule has 0 aromatic carbocycles. The van der Waals surface area contributed by atoms with E-state index in [-0.39, 0.29) is 0 Å². The summed E-state index contributed by atoms with van der Waals surface area (Å²) >= 11 is 0. The molecule has 0 amide bonds. The molecule has 1 heterocycles. The predicted molar refractivity (Wildman–Crippen MR) is 39.8 cm³/mol. The summed E-state index contributed by atoms with van der Waals surface area (Å²) in [4.78, 5) is 11.1. The summed E-state index contributed by atoms with van der Waals surface area (Å²) in [6.07, 6.45) is -5.16. The second-order valence-electron chi connectivity index (χ2n) is 2.76. The van der Waals surface area contributed by atoms with Crippen LogP contribution >= 0.6 is 0 Å². The molecule has 0 radical (unpaired) electrons. The Morgan fingerprint density at radius 1 is 1.54 bits per heavy atom. The Hall–Kier alpha value is -0.530. The Bertz CT molecular complexity index is 189. The number of aliphatic hydroxyl groups excluding tert-OH is 3. The van der Waals surface area contributed by atoms with Crippen molar-refractivity contribution in [3.63, 3.8) is 0 Å². The molecule has 0 aromatic rings. The Morgan fingerprint density at radius 2 is 2.15 bits per heavy atom. The third-order valence-electron chi connectivity index (χ3n) is 1.92. The lowest BCUT2D eigenvalue weighted by molar-refractivity contribution is -0.233. The molecule has 1 saturated heterocycles. The van der Waals surface area contributed by atoms with Crippen LogP contribution in [-0.4, -0.2) is 59.4 Å².